The van der Waals surface area contributed by atoms with Crippen LogP contribution in [0.5, 0.6) is 0 Å². The number of carbonyl (C=O) groups is 1. The maximum atomic E-state index is 12.1. The van der Waals surface area contributed by atoms with Crippen LogP contribution in [0.2, 0.25) is 0 Å². The van der Waals surface area contributed by atoms with Gasteiger partial charge in [-0.1, -0.05) is 16.8 Å². The monoisotopic (exact) mass is 255 g/mol. The first kappa shape index (κ1) is 11.6. The molecule has 0 saturated carbocycles. The first-order valence-electron chi connectivity index (χ1n) is 6.00. The lowest BCUT2D eigenvalue weighted by molar-refractivity contribution is 0.0967. The van der Waals surface area contributed by atoms with Gasteiger partial charge in [0.05, 0.1) is 12.1 Å². The van der Waals surface area contributed by atoms with E-state index in [2.05, 4.69) is 10.3 Å². The van der Waals surface area contributed by atoms with Crippen molar-refractivity contribution in [3.05, 3.63) is 47.5 Å². The molecule has 2 heterocycles. The number of hydrogen-bond donors (Lipinski definition) is 0. The van der Waals surface area contributed by atoms with Gasteiger partial charge < -0.3 is 4.42 Å². The zero-order valence-corrected chi connectivity index (χ0v) is 10.8. The molecule has 19 heavy (non-hydrogen) atoms. The van der Waals surface area contributed by atoms with Gasteiger partial charge in [0.1, 0.15) is 5.58 Å². The molecule has 2 aromatic heterocycles. The van der Waals surface area contributed by atoms with E-state index in [9.17, 15) is 4.79 Å². The van der Waals surface area contributed by atoms with Gasteiger partial charge in [0.15, 0.2) is 5.76 Å². The van der Waals surface area contributed by atoms with Gasteiger partial charge in [-0.05, 0) is 25.1 Å². The topological polar surface area (TPSA) is 60.9 Å². The van der Waals surface area contributed by atoms with Gasteiger partial charge in [-0.3, -0.25) is 9.48 Å². The second-order valence-corrected chi connectivity index (χ2v) is 4.64. The van der Waals surface area contributed by atoms with Crippen molar-refractivity contribution >= 4 is 16.8 Å². The molecule has 0 spiro atoms. The van der Waals surface area contributed by atoms with Gasteiger partial charge in [0.25, 0.3) is 0 Å². The van der Waals surface area contributed by atoms with Crippen molar-refractivity contribution in [1.29, 1.82) is 0 Å². The van der Waals surface area contributed by atoms with Crippen LogP contribution >= 0.6 is 0 Å². The summed E-state index contributed by atoms with van der Waals surface area (Å²) in [5.74, 6) is 0.278. The summed E-state index contributed by atoms with van der Waals surface area (Å²) in [4.78, 5) is 12.1. The zero-order valence-electron chi connectivity index (χ0n) is 10.8. The van der Waals surface area contributed by atoms with Gasteiger partial charge >= 0.3 is 0 Å². The lowest BCUT2D eigenvalue weighted by Crippen LogP contribution is -2.02. The number of aromatic nitrogens is 3. The van der Waals surface area contributed by atoms with Crippen molar-refractivity contribution in [3.8, 4) is 0 Å². The van der Waals surface area contributed by atoms with Gasteiger partial charge in [0.2, 0.25) is 5.78 Å². The van der Waals surface area contributed by atoms with E-state index in [1.165, 1.54) is 0 Å². The molecule has 96 valence electrons. The Morgan fingerprint density at radius 3 is 2.95 bits per heavy atom. The molecule has 0 atom stereocenters. The number of furan rings is 1. The average Bonchev–Trinajstić information content (AvgIpc) is 2.95. The SMILES string of the molecule is Cc1ccc2oc(C(=O)Cc3cn(C)nn3)cc2c1. The van der Waals surface area contributed by atoms with Crippen molar-refractivity contribution in [2.75, 3.05) is 0 Å². The second kappa shape index (κ2) is 4.35. The van der Waals surface area contributed by atoms with Crippen LogP contribution in [-0.4, -0.2) is 20.8 Å². The minimum absolute atomic E-state index is 0.0886. The lowest BCUT2D eigenvalue weighted by atomic mass is 10.1. The molecule has 3 rings (SSSR count). The normalized spacial score (nSPS) is 11.1. The third-order valence-corrected chi connectivity index (χ3v) is 2.94. The van der Waals surface area contributed by atoms with E-state index >= 15 is 0 Å². The molecule has 0 N–H and O–H groups in total. The molecule has 0 aliphatic carbocycles. The van der Waals surface area contributed by atoms with Crippen LogP contribution in [0, 0.1) is 6.92 Å². The van der Waals surface area contributed by atoms with Crippen molar-refractivity contribution in [1.82, 2.24) is 15.0 Å². The molecule has 3 aromatic rings. The van der Waals surface area contributed by atoms with Crippen LogP contribution in [0.15, 0.2) is 34.9 Å². The molecular weight excluding hydrogens is 242 g/mol. The molecule has 0 radical (unpaired) electrons. The van der Waals surface area contributed by atoms with E-state index in [4.69, 9.17) is 4.42 Å². The quantitative estimate of drug-likeness (QED) is 0.674. The Morgan fingerprint density at radius 1 is 1.37 bits per heavy atom. The summed E-state index contributed by atoms with van der Waals surface area (Å²) >= 11 is 0. The highest BCUT2D eigenvalue weighted by atomic mass is 16.3. The maximum absolute atomic E-state index is 12.1. The van der Waals surface area contributed by atoms with Crippen molar-refractivity contribution < 1.29 is 9.21 Å². The van der Waals surface area contributed by atoms with E-state index in [0.29, 0.717) is 11.5 Å². The van der Waals surface area contributed by atoms with E-state index < -0.39 is 0 Å². The Bertz CT molecular complexity index is 755. The highest BCUT2D eigenvalue weighted by molar-refractivity contribution is 5.98. The fraction of sp³-hybridized carbons (Fsp3) is 0.214. The summed E-state index contributed by atoms with van der Waals surface area (Å²) in [6.45, 7) is 2.01. The fourth-order valence-electron chi connectivity index (χ4n) is 2.03. The molecule has 0 bridgehead atoms. The second-order valence-electron chi connectivity index (χ2n) is 4.64. The Balaban J connectivity index is 1.89. The van der Waals surface area contributed by atoms with E-state index in [1.807, 2.05) is 25.1 Å². The maximum Gasteiger partial charge on any atom is 0.204 e. The smallest absolute Gasteiger partial charge is 0.204 e. The molecular formula is C14H13N3O2. The molecule has 5 heteroatoms. The first-order chi connectivity index (χ1) is 9.11. The summed E-state index contributed by atoms with van der Waals surface area (Å²) in [5, 5.41) is 8.65. The number of rotatable bonds is 3. The molecule has 0 amide bonds. The molecule has 0 fully saturated rings. The summed E-state index contributed by atoms with van der Waals surface area (Å²) in [6, 6.07) is 7.62. The Morgan fingerprint density at radius 2 is 2.21 bits per heavy atom. The number of hydrogen-bond acceptors (Lipinski definition) is 4. The lowest BCUT2D eigenvalue weighted by Gasteiger charge is -1.92. The summed E-state index contributed by atoms with van der Waals surface area (Å²) < 4.78 is 7.13. The first-order valence-corrected chi connectivity index (χ1v) is 6.00. The van der Waals surface area contributed by atoms with Gasteiger partial charge in [-0.25, -0.2) is 0 Å². The molecule has 1 aromatic carbocycles. The number of carbonyl (C=O) groups excluding carboxylic acids is 1. The van der Waals surface area contributed by atoms with Gasteiger partial charge in [-0.2, -0.15) is 0 Å². The zero-order chi connectivity index (χ0) is 13.4. The van der Waals surface area contributed by atoms with Crippen molar-refractivity contribution in [2.45, 2.75) is 13.3 Å². The van der Waals surface area contributed by atoms with Crippen molar-refractivity contribution in [3.63, 3.8) is 0 Å². The molecule has 0 aliphatic heterocycles. The number of nitrogens with zero attached hydrogens (tertiary/aromatic N) is 3. The highest BCUT2D eigenvalue weighted by Gasteiger charge is 2.14. The number of Topliss-reactive ketones (excluding diaryl/α,β-unsaturated/α-hetero) is 1. The highest BCUT2D eigenvalue weighted by Crippen LogP contribution is 2.21. The third kappa shape index (κ3) is 2.27. The summed E-state index contributed by atoms with van der Waals surface area (Å²) in [7, 11) is 1.77. The summed E-state index contributed by atoms with van der Waals surface area (Å²) in [6.07, 6.45) is 1.93. The summed E-state index contributed by atoms with van der Waals surface area (Å²) in [5.41, 5.74) is 2.51. The van der Waals surface area contributed by atoms with E-state index in [-0.39, 0.29) is 12.2 Å². The standard InChI is InChI=1S/C14H13N3O2/c1-9-3-4-13-10(5-9)6-14(19-13)12(18)7-11-8-17(2)16-15-11/h3-6,8H,7H2,1-2H3. The van der Waals surface area contributed by atoms with Crippen LogP contribution in [0.25, 0.3) is 11.0 Å². The minimum Gasteiger partial charge on any atom is -0.453 e. The number of benzene rings is 1. The van der Waals surface area contributed by atoms with Crippen molar-refractivity contribution in [2.24, 2.45) is 7.05 Å². The van der Waals surface area contributed by atoms with Crippen LogP contribution < -0.4 is 0 Å². The van der Waals surface area contributed by atoms with E-state index in [0.717, 1.165) is 16.5 Å². The van der Waals surface area contributed by atoms with Gasteiger partial charge in [-0.15, -0.1) is 5.10 Å². The van der Waals surface area contributed by atoms with Crippen LogP contribution in [0.4, 0.5) is 0 Å². The predicted molar refractivity (Wildman–Crippen MR) is 70.0 cm³/mol. The Hall–Kier alpha value is -2.43. The van der Waals surface area contributed by atoms with Crippen LogP contribution in [0.3, 0.4) is 0 Å². The molecule has 0 saturated heterocycles. The molecule has 0 aliphatic rings. The number of ketones is 1. The molecule has 5 nitrogen and oxygen atoms in total. The number of aryl methyl sites for hydroxylation is 2. The fourth-order valence-corrected chi connectivity index (χ4v) is 2.03. The van der Waals surface area contributed by atoms with E-state index in [1.54, 1.807) is 24.0 Å². The predicted octanol–water partition coefficient (Wildman–Crippen LogP) is 2.30. The third-order valence-electron chi connectivity index (χ3n) is 2.94. The van der Waals surface area contributed by atoms with Crippen LogP contribution in [0.1, 0.15) is 21.8 Å². The Labute approximate surface area is 109 Å². The average molecular weight is 255 g/mol. The minimum atomic E-state index is -0.0886. The Kier molecular flexibility index (Phi) is 2.67. The van der Waals surface area contributed by atoms with Gasteiger partial charge in [0, 0.05) is 18.6 Å². The molecule has 0 unspecified atom stereocenters. The largest absolute Gasteiger partial charge is 0.453 e. The van der Waals surface area contributed by atoms with Crippen LogP contribution in [-0.2, 0) is 13.5 Å². The number of fused-ring (bicyclic) bond motifs is 1.